The number of nitrogens with zero attached hydrogens (tertiary/aromatic N) is 5. The first-order valence-electron chi connectivity index (χ1n) is 6.69. The Morgan fingerprint density at radius 1 is 1.50 bits per heavy atom. The van der Waals surface area contributed by atoms with Gasteiger partial charge in [-0.05, 0) is 19.8 Å². The summed E-state index contributed by atoms with van der Waals surface area (Å²) in [6.07, 6.45) is 5.99. The molecule has 0 unspecified atom stereocenters. The minimum atomic E-state index is 0.0503. The molecule has 2 aromatic heterocycles. The van der Waals surface area contributed by atoms with E-state index in [9.17, 15) is 4.79 Å². The van der Waals surface area contributed by atoms with Crippen molar-refractivity contribution in [2.75, 3.05) is 0 Å². The maximum Gasteiger partial charge on any atom is 0.229 e. The fourth-order valence-electron chi connectivity index (χ4n) is 2.16. The van der Waals surface area contributed by atoms with Crippen molar-refractivity contribution in [1.82, 2.24) is 24.8 Å². The van der Waals surface area contributed by atoms with Crippen LogP contribution < -0.4 is 0 Å². The fourth-order valence-corrected chi connectivity index (χ4v) is 2.16. The van der Waals surface area contributed by atoms with Gasteiger partial charge in [0.1, 0.15) is 17.2 Å². The van der Waals surface area contributed by atoms with E-state index < -0.39 is 0 Å². The summed E-state index contributed by atoms with van der Waals surface area (Å²) < 4.78 is 6.58. The highest BCUT2D eigenvalue weighted by Crippen LogP contribution is 2.28. The molecular weight excluding hydrogens is 258 g/mol. The highest BCUT2D eigenvalue weighted by atomic mass is 16.6. The lowest BCUT2D eigenvalue weighted by molar-refractivity contribution is -0.131. The third kappa shape index (κ3) is 2.56. The lowest BCUT2D eigenvalue weighted by atomic mass is 10.2. The van der Waals surface area contributed by atoms with Crippen LogP contribution in [0.4, 0.5) is 0 Å². The maximum absolute atomic E-state index is 12.5. The van der Waals surface area contributed by atoms with Gasteiger partial charge in [-0.25, -0.2) is 9.61 Å². The largest absolute Gasteiger partial charge is 0.337 e. The van der Waals surface area contributed by atoms with E-state index >= 15 is 0 Å². The molecule has 7 heteroatoms. The van der Waals surface area contributed by atoms with Gasteiger partial charge in [0, 0.05) is 25.5 Å². The molecule has 1 aliphatic carbocycles. The summed E-state index contributed by atoms with van der Waals surface area (Å²) in [6, 6.07) is 0.333. The van der Waals surface area contributed by atoms with Gasteiger partial charge < -0.3 is 9.47 Å². The number of aromatic nitrogens is 4. The van der Waals surface area contributed by atoms with Gasteiger partial charge in [-0.1, -0.05) is 10.3 Å². The Morgan fingerprint density at radius 2 is 2.30 bits per heavy atom. The summed E-state index contributed by atoms with van der Waals surface area (Å²) in [4.78, 5) is 18.6. The van der Waals surface area contributed by atoms with E-state index in [0.717, 1.165) is 18.7 Å². The summed E-state index contributed by atoms with van der Waals surface area (Å²) in [5.41, 5.74) is 1.28. The molecule has 2 aromatic rings. The first-order valence-corrected chi connectivity index (χ1v) is 6.69. The highest BCUT2D eigenvalue weighted by molar-refractivity contribution is 5.79. The molecule has 7 nitrogen and oxygen atoms in total. The SMILES string of the molecule is Cc1nonc1CC(=O)N(Cc1nccn1C)C1CC1. The van der Waals surface area contributed by atoms with Crippen LogP contribution >= 0.6 is 0 Å². The van der Waals surface area contributed by atoms with Crippen molar-refractivity contribution in [3.05, 3.63) is 29.6 Å². The third-order valence-electron chi connectivity index (χ3n) is 3.61. The number of carbonyl (C=O) groups is 1. The van der Waals surface area contributed by atoms with Crippen molar-refractivity contribution in [2.45, 2.75) is 38.8 Å². The van der Waals surface area contributed by atoms with Gasteiger partial charge in [0.25, 0.3) is 0 Å². The monoisotopic (exact) mass is 275 g/mol. The second-order valence-electron chi connectivity index (χ2n) is 5.18. The highest BCUT2D eigenvalue weighted by Gasteiger charge is 2.33. The predicted octanol–water partition coefficient (Wildman–Crippen LogP) is 0.845. The minimum Gasteiger partial charge on any atom is -0.337 e. The van der Waals surface area contributed by atoms with E-state index in [1.54, 1.807) is 13.1 Å². The standard InChI is InChI=1S/C13H17N5O2/c1-9-11(16-20-15-9)7-13(19)18(10-3-4-10)8-12-14-5-6-17(12)2/h5-6,10H,3-4,7-8H2,1-2H3. The van der Waals surface area contributed by atoms with Crippen LogP contribution in [0.15, 0.2) is 17.0 Å². The molecule has 2 heterocycles. The van der Waals surface area contributed by atoms with Crippen molar-refractivity contribution in [3.63, 3.8) is 0 Å². The summed E-state index contributed by atoms with van der Waals surface area (Å²) in [7, 11) is 1.93. The van der Waals surface area contributed by atoms with Crippen molar-refractivity contribution in [3.8, 4) is 0 Å². The van der Waals surface area contributed by atoms with Crippen LogP contribution in [0.1, 0.15) is 30.1 Å². The second kappa shape index (κ2) is 5.07. The van der Waals surface area contributed by atoms with Gasteiger partial charge in [-0.3, -0.25) is 4.79 Å². The van der Waals surface area contributed by atoms with Crippen molar-refractivity contribution >= 4 is 5.91 Å². The molecule has 20 heavy (non-hydrogen) atoms. The Labute approximate surface area is 116 Å². The van der Waals surface area contributed by atoms with E-state index in [1.165, 1.54) is 0 Å². The first-order chi connectivity index (χ1) is 9.65. The molecule has 1 fully saturated rings. The normalized spacial score (nSPS) is 14.5. The summed E-state index contributed by atoms with van der Waals surface area (Å²) >= 11 is 0. The Morgan fingerprint density at radius 3 is 2.85 bits per heavy atom. The van der Waals surface area contributed by atoms with Gasteiger partial charge in [-0.15, -0.1) is 0 Å². The van der Waals surface area contributed by atoms with E-state index in [2.05, 4.69) is 19.9 Å². The van der Waals surface area contributed by atoms with E-state index in [1.807, 2.05) is 22.7 Å². The number of carbonyl (C=O) groups excluding carboxylic acids is 1. The zero-order chi connectivity index (χ0) is 14.1. The number of imidazole rings is 1. The zero-order valence-corrected chi connectivity index (χ0v) is 11.6. The summed E-state index contributed by atoms with van der Waals surface area (Å²) in [5.74, 6) is 0.939. The Kier molecular flexibility index (Phi) is 3.25. The number of aryl methyl sites for hydroxylation is 2. The van der Waals surface area contributed by atoms with Gasteiger partial charge in [0.05, 0.1) is 13.0 Å². The molecule has 0 aromatic carbocycles. The number of amides is 1. The third-order valence-corrected chi connectivity index (χ3v) is 3.61. The predicted molar refractivity (Wildman–Crippen MR) is 69.5 cm³/mol. The first kappa shape index (κ1) is 12.8. The molecule has 0 radical (unpaired) electrons. The molecule has 0 atom stereocenters. The molecule has 1 saturated carbocycles. The van der Waals surface area contributed by atoms with Crippen LogP contribution in [0.2, 0.25) is 0 Å². The van der Waals surface area contributed by atoms with Gasteiger partial charge in [0.2, 0.25) is 5.91 Å². The zero-order valence-electron chi connectivity index (χ0n) is 11.6. The second-order valence-corrected chi connectivity index (χ2v) is 5.18. The van der Waals surface area contributed by atoms with Gasteiger partial charge >= 0.3 is 0 Å². The van der Waals surface area contributed by atoms with Crippen LogP contribution in [-0.4, -0.2) is 36.7 Å². The topological polar surface area (TPSA) is 77.1 Å². The van der Waals surface area contributed by atoms with Crippen molar-refractivity contribution in [1.29, 1.82) is 0 Å². The summed E-state index contributed by atoms with van der Waals surface area (Å²) in [6.45, 7) is 2.33. The number of hydrogen-bond acceptors (Lipinski definition) is 5. The average Bonchev–Trinajstić information content (AvgIpc) is 3.07. The van der Waals surface area contributed by atoms with Crippen molar-refractivity contribution < 1.29 is 9.42 Å². The molecule has 0 N–H and O–H groups in total. The Hall–Kier alpha value is -2.18. The van der Waals surface area contributed by atoms with Crippen LogP contribution in [-0.2, 0) is 24.8 Å². The lowest BCUT2D eigenvalue weighted by Crippen LogP contribution is -2.34. The average molecular weight is 275 g/mol. The lowest BCUT2D eigenvalue weighted by Gasteiger charge is -2.21. The molecular formula is C13H17N5O2. The number of hydrogen-bond donors (Lipinski definition) is 0. The van der Waals surface area contributed by atoms with Crippen molar-refractivity contribution in [2.24, 2.45) is 7.05 Å². The molecule has 0 saturated heterocycles. The van der Waals surface area contributed by atoms with E-state index in [-0.39, 0.29) is 12.3 Å². The van der Waals surface area contributed by atoms with Crippen LogP contribution in [0.3, 0.4) is 0 Å². The number of rotatable bonds is 5. The molecule has 0 spiro atoms. The smallest absolute Gasteiger partial charge is 0.229 e. The van der Waals surface area contributed by atoms with E-state index in [0.29, 0.717) is 24.0 Å². The quantitative estimate of drug-likeness (QED) is 0.808. The fraction of sp³-hybridized carbons (Fsp3) is 0.538. The maximum atomic E-state index is 12.5. The van der Waals surface area contributed by atoms with Crippen LogP contribution in [0.5, 0.6) is 0 Å². The molecule has 0 bridgehead atoms. The Balaban J connectivity index is 1.72. The molecule has 3 rings (SSSR count). The molecule has 1 aliphatic rings. The summed E-state index contributed by atoms with van der Waals surface area (Å²) in [5, 5.41) is 7.48. The Bertz CT molecular complexity index is 614. The van der Waals surface area contributed by atoms with Gasteiger partial charge in [-0.2, -0.15) is 0 Å². The van der Waals surface area contributed by atoms with Crippen LogP contribution in [0.25, 0.3) is 0 Å². The van der Waals surface area contributed by atoms with E-state index in [4.69, 9.17) is 0 Å². The molecule has 1 amide bonds. The molecule has 106 valence electrons. The van der Waals surface area contributed by atoms with Crippen LogP contribution in [0, 0.1) is 6.92 Å². The van der Waals surface area contributed by atoms with Gasteiger partial charge in [0.15, 0.2) is 0 Å². The minimum absolute atomic E-state index is 0.0503. The molecule has 0 aliphatic heterocycles.